The molecule has 1 heterocycles. The summed E-state index contributed by atoms with van der Waals surface area (Å²) >= 11 is 0. The Balaban J connectivity index is 1.73. The van der Waals surface area contributed by atoms with E-state index in [0.717, 1.165) is 18.9 Å². The standard InChI is InChI=1S/C16H26N2O/c1-13-4-5-14(2)16(12-13)19-11-10-18-8-6-15(17-3)7-9-18/h4-5,12,15,17H,6-11H2,1-3H3. The van der Waals surface area contributed by atoms with Crippen LogP contribution in [0.3, 0.4) is 0 Å². The summed E-state index contributed by atoms with van der Waals surface area (Å²) in [6.07, 6.45) is 2.50. The number of likely N-dealkylation sites (tertiary alicyclic amines) is 1. The molecule has 0 atom stereocenters. The predicted molar refractivity (Wildman–Crippen MR) is 79.9 cm³/mol. The topological polar surface area (TPSA) is 24.5 Å². The number of hydrogen-bond acceptors (Lipinski definition) is 3. The minimum atomic E-state index is 0.705. The molecule has 3 nitrogen and oxygen atoms in total. The Hall–Kier alpha value is -1.06. The number of ether oxygens (including phenoxy) is 1. The summed E-state index contributed by atoms with van der Waals surface area (Å²) in [7, 11) is 2.06. The average Bonchev–Trinajstić information content (AvgIpc) is 2.43. The van der Waals surface area contributed by atoms with E-state index in [1.165, 1.54) is 37.1 Å². The Morgan fingerprint density at radius 3 is 2.68 bits per heavy atom. The molecule has 1 aliphatic heterocycles. The van der Waals surface area contributed by atoms with Crippen LogP contribution in [0.25, 0.3) is 0 Å². The molecule has 3 heteroatoms. The second-order valence-corrected chi connectivity index (χ2v) is 5.52. The van der Waals surface area contributed by atoms with E-state index in [4.69, 9.17) is 4.74 Å². The largest absolute Gasteiger partial charge is 0.492 e. The van der Waals surface area contributed by atoms with Crippen molar-refractivity contribution in [3.05, 3.63) is 29.3 Å². The van der Waals surface area contributed by atoms with E-state index in [1.807, 2.05) is 0 Å². The van der Waals surface area contributed by atoms with Gasteiger partial charge in [0.05, 0.1) is 0 Å². The van der Waals surface area contributed by atoms with Crippen LogP contribution in [-0.4, -0.2) is 44.2 Å². The summed E-state index contributed by atoms with van der Waals surface area (Å²) in [5.41, 5.74) is 2.48. The first-order valence-corrected chi connectivity index (χ1v) is 7.28. The van der Waals surface area contributed by atoms with E-state index in [1.54, 1.807) is 0 Å². The highest BCUT2D eigenvalue weighted by Crippen LogP contribution is 2.19. The van der Waals surface area contributed by atoms with Crippen molar-refractivity contribution in [3.8, 4) is 5.75 Å². The number of nitrogens with one attached hydrogen (secondary N) is 1. The van der Waals surface area contributed by atoms with E-state index >= 15 is 0 Å². The highest BCUT2D eigenvalue weighted by atomic mass is 16.5. The average molecular weight is 262 g/mol. The number of benzene rings is 1. The van der Waals surface area contributed by atoms with Gasteiger partial charge in [-0.05, 0) is 64.0 Å². The molecule has 106 valence electrons. The first kappa shape index (κ1) is 14.4. The van der Waals surface area contributed by atoms with E-state index in [-0.39, 0.29) is 0 Å². The summed E-state index contributed by atoms with van der Waals surface area (Å²) in [5.74, 6) is 1.03. The molecule has 0 bridgehead atoms. The zero-order valence-electron chi connectivity index (χ0n) is 12.4. The Kier molecular flexibility index (Phi) is 5.23. The van der Waals surface area contributed by atoms with Crippen molar-refractivity contribution in [1.82, 2.24) is 10.2 Å². The third-order valence-corrected chi connectivity index (χ3v) is 4.00. The molecule has 1 aromatic rings. The molecule has 0 saturated carbocycles. The molecule has 1 aliphatic rings. The van der Waals surface area contributed by atoms with E-state index in [9.17, 15) is 0 Å². The fraction of sp³-hybridized carbons (Fsp3) is 0.625. The third-order valence-electron chi connectivity index (χ3n) is 4.00. The number of nitrogens with zero attached hydrogens (tertiary/aromatic N) is 1. The number of hydrogen-bond donors (Lipinski definition) is 1. The molecule has 0 aromatic heterocycles. The highest BCUT2D eigenvalue weighted by molar-refractivity contribution is 5.35. The van der Waals surface area contributed by atoms with Crippen LogP contribution in [0.2, 0.25) is 0 Å². The molecule has 2 rings (SSSR count). The smallest absolute Gasteiger partial charge is 0.122 e. The van der Waals surface area contributed by atoms with Crippen LogP contribution in [0.1, 0.15) is 24.0 Å². The second kappa shape index (κ2) is 6.92. The van der Waals surface area contributed by atoms with Gasteiger partial charge >= 0.3 is 0 Å². The molecule has 0 unspecified atom stereocenters. The molecule has 1 fully saturated rings. The maximum Gasteiger partial charge on any atom is 0.122 e. The van der Waals surface area contributed by atoms with Gasteiger partial charge in [-0.2, -0.15) is 0 Å². The van der Waals surface area contributed by atoms with Gasteiger partial charge in [-0.3, -0.25) is 4.90 Å². The van der Waals surface area contributed by atoms with Gasteiger partial charge in [0, 0.05) is 12.6 Å². The summed E-state index contributed by atoms with van der Waals surface area (Å²) in [6, 6.07) is 7.09. The minimum Gasteiger partial charge on any atom is -0.492 e. The molecule has 1 aromatic carbocycles. The van der Waals surface area contributed by atoms with Gasteiger partial charge < -0.3 is 10.1 Å². The van der Waals surface area contributed by atoms with Crippen molar-refractivity contribution in [2.24, 2.45) is 0 Å². The molecule has 0 radical (unpaired) electrons. The molecule has 1 saturated heterocycles. The van der Waals surface area contributed by atoms with E-state index in [2.05, 4.69) is 49.3 Å². The zero-order chi connectivity index (χ0) is 13.7. The van der Waals surface area contributed by atoms with Crippen LogP contribution < -0.4 is 10.1 Å². The van der Waals surface area contributed by atoms with E-state index < -0.39 is 0 Å². The monoisotopic (exact) mass is 262 g/mol. The van der Waals surface area contributed by atoms with Gasteiger partial charge in [0.2, 0.25) is 0 Å². The minimum absolute atomic E-state index is 0.705. The van der Waals surface area contributed by atoms with Crippen LogP contribution >= 0.6 is 0 Å². The van der Waals surface area contributed by atoms with Crippen LogP contribution in [0.15, 0.2) is 18.2 Å². The van der Waals surface area contributed by atoms with Gasteiger partial charge in [-0.1, -0.05) is 12.1 Å². The molecular weight excluding hydrogens is 236 g/mol. The van der Waals surface area contributed by atoms with Crippen molar-refractivity contribution in [3.63, 3.8) is 0 Å². The number of piperidine rings is 1. The predicted octanol–water partition coefficient (Wildman–Crippen LogP) is 2.37. The van der Waals surface area contributed by atoms with Crippen LogP contribution in [-0.2, 0) is 0 Å². The number of aryl methyl sites for hydroxylation is 2. The van der Waals surface area contributed by atoms with Crippen molar-refractivity contribution in [1.29, 1.82) is 0 Å². The Morgan fingerprint density at radius 2 is 2.00 bits per heavy atom. The van der Waals surface area contributed by atoms with Crippen molar-refractivity contribution in [2.75, 3.05) is 33.3 Å². The molecule has 0 spiro atoms. The van der Waals surface area contributed by atoms with Crippen LogP contribution in [0, 0.1) is 13.8 Å². The lowest BCUT2D eigenvalue weighted by molar-refractivity contribution is 0.167. The normalized spacial score (nSPS) is 17.6. The fourth-order valence-electron chi connectivity index (χ4n) is 2.59. The number of rotatable bonds is 5. The lowest BCUT2D eigenvalue weighted by atomic mass is 10.1. The van der Waals surface area contributed by atoms with Crippen LogP contribution in [0.4, 0.5) is 0 Å². The van der Waals surface area contributed by atoms with Gasteiger partial charge in [-0.25, -0.2) is 0 Å². The SMILES string of the molecule is CNC1CCN(CCOc2cc(C)ccc2C)CC1. The van der Waals surface area contributed by atoms with Crippen molar-refractivity contribution < 1.29 is 4.74 Å². The zero-order valence-corrected chi connectivity index (χ0v) is 12.4. The maximum atomic E-state index is 5.92. The Bertz CT molecular complexity index is 398. The van der Waals surface area contributed by atoms with Crippen molar-refractivity contribution >= 4 is 0 Å². The molecule has 0 amide bonds. The highest BCUT2D eigenvalue weighted by Gasteiger charge is 2.17. The van der Waals surface area contributed by atoms with Crippen molar-refractivity contribution in [2.45, 2.75) is 32.7 Å². The lowest BCUT2D eigenvalue weighted by Gasteiger charge is -2.31. The van der Waals surface area contributed by atoms with Crippen LogP contribution in [0.5, 0.6) is 5.75 Å². The quantitative estimate of drug-likeness (QED) is 0.881. The third kappa shape index (κ3) is 4.22. The second-order valence-electron chi connectivity index (χ2n) is 5.52. The fourth-order valence-corrected chi connectivity index (χ4v) is 2.59. The summed E-state index contributed by atoms with van der Waals surface area (Å²) in [6.45, 7) is 8.39. The molecule has 0 aliphatic carbocycles. The Labute approximate surface area is 116 Å². The summed E-state index contributed by atoms with van der Waals surface area (Å²) < 4.78 is 5.92. The van der Waals surface area contributed by atoms with Gasteiger partial charge in [0.25, 0.3) is 0 Å². The van der Waals surface area contributed by atoms with Gasteiger partial charge in [0.1, 0.15) is 12.4 Å². The van der Waals surface area contributed by atoms with Gasteiger partial charge in [-0.15, -0.1) is 0 Å². The first-order valence-electron chi connectivity index (χ1n) is 7.28. The first-order chi connectivity index (χ1) is 9.19. The lowest BCUT2D eigenvalue weighted by Crippen LogP contribution is -2.42. The summed E-state index contributed by atoms with van der Waals surface area (Å²) in [5, 5.41) is 3.36. The van der Waals surface area contributed by atoms with Gasteiger partial charge in [0.15, 0.2) is 0 Å². The Morgan fingerprint density at radius 1 is 1.26 bits per heavy atom. The molecule has 1 N–H and O–H groups in total. The summed E-state index contributed by atoms with van der Waals surface area (Å²) in [4.78, 5) is 2.50. The molecule has 19 heavy (non-hydrogen) atoms. The maximum absolute atomic E-state index is 5.92. The van der Waals surface area contributed by atoms with E-state index in [0.29, 0.717) is 6.04 Å². The molecular formula is C16H26N2O.